The molecule has 3 aromatic rings. The van der Waals surface area contributed by atoms with Gasteiger partial charge in [-0.25, -0.2) is 14.4 Å². The Morgan fingerprint density at radius 3 is 2.42 bits per heavy atom. The third-order valence-corrected chi connectivity index (χ3v) is 5.68. The maximum absolute atomic E-state index is 13.5. The number of benzene rings is 2. The molecule has 0 spiro atoms. The predicted molar refractivity (Wildman–Crippen MR) is 120 cm³/mol. The molecule has 0 aliphatic carbocycles. The largest absolute Gasteiger partial charge is 0.353 e. The van der Waals surface area contributed by atoms with Crippen LogP contribution in [0.3, 0.4) is 0 Å². The molecule has 1 amide bonds. The molecule has 1 aliphatic heterocycles. The van der Waals surface area contributed by atoms with E-state index in [1.807, 2.05) is 25.1 Å². The molecule has 31 heavy (non-hydrogen) atoms. The summed E-state index contributed by atoms with van der Waals surface area (Å²) in [6.07, 6.45) is 1.62. The molecular weight excluding hydrogens is 391 g/mol. The lowest BCUT2D eigenvalue weighted by atomic mass is 10.0. The highest BCUT2D eigenvalue weighted by atomic mass is 19.1. The van der Waals surface area contributed by atoms with Crippen LogP contribution in [-0.4, -0.2) is 47.0 Å². The first kappa shape index (κ1) is 21.0. The maximum atomic E-state index is 13.5. The van der Waals surface area contributed by atoms with Crippen LogP contribution in [0, 0.1) is 12.7 Å². The molecule has 0 N–H and O–H groups in total. The smallest absolute Gasteiger partial charge is 0.254 e. The minimum Gasteiger partial charge on any atom is -0.353 e. The van der Waals surface area contributed by atoms with E-state index in [4.69, 9.17) is 9.97 Å². The first-order valence-electron chi connectivity index (χ1n) is 10.7. The monoisotopic (exact) mass is 418 g/mol. The quantitative estimate of drug-likeness (QED) is 0.628. The van der Waals surface area contributed by atoms with Gasteiger partial charge in [0.25, 0.3) is 5.91 Å². The minimum absolute atomic E-state index is 0.128. The summed E-state index contributed by atoms with van der Waals surface area (Å²) in [7, 11) is 0. The van der Waals surface area contributed by atoms with Crippen molar-refractivity contribution in [2.75, 3.05) is 31.1 Å². The summed E-state index contributed by atoms with van der Waals surface area (Å²) < 4.78 is 13.5. The number of hydrogen-bond acceptors (Lipinski definition) is 4. The van der Waals surface area contributed by atoms with Gasteiger partial charge in [-0.2, -0.15) is 0 Å². The van der Waals surface area contributed by atoms with Gasteiger partial charge in [0.15, 0.2) is 0 Å². The number of aryl methyl sites for hydroxylation is 2. The Morgan fingerprint density at radius 2 is 1.74 bits per heavy atom. The number of anilines is 1. The van der Waals surface area contributed by atoms with Crippen LogP contribution in [0.2, 0.25) is 0 Å². The minimum atomic E-state index is -0.390. The van der Waals surface area contributed by atoms with Gasteiger partial charge >= 0.3 is 0 Å². The van der Waals surface area contributed by atoms with Crippen LogP contribution < -0.4 is 4.90 Å². The summed E-state index contributed by atoms with van der Waals surface area (Å²) in [4.78, 5) is 26.3. The van der Waals surface area contributed by atoms with Gasteiger partial charge in [-0.05, 0) is 37.1 Å². The van der Waals surface area contributed by atoms with Crippen LogP contribution in [0.15, 0.2) is 54.6 Å². The van der Waals surface area contributed by atoms with E-state index in [1.54, 1.807) is 17.0 Å². The van der Waals surface area contributed by atoms with Crippen molar-refractivity contribution in [2.24, 2.45) is 0 Å². The molecule has 1 saturated heterocycles. The number of hydrogen-bond donors (Lipinski definition) is 0. The fourth-order valence-corrected chi connectivity index (χ4v) is 4.10. The third-order valence-electron chi connectivity index (χ3n) is 5.68. The summed E-state index contributed by atoms with van der Waals surface area (Å²) in [5.41, 5.74) is 3.85. The number of aromatic nitrogens is 2. The zero-order valence-electron chi connectivity index (χ0n) is 18.0. The Morgan fingerprint density at radius 1 is 1.00 bits per heavy atom. The molecule has 1 aromatic heterocycles. The van der Waals surface area contributed by atoms with Gasteiger partial charge in [-0.1, -0.05) is 43.3 Å². The number of nitrogens with zero attached hydrogens (tertiary/aromatic N) is 4. The van der Waals surface area contributed by atoms with Gasteiger partial charge in [0.05, 0.1) is 0 Å². The molecule has 5 nitrogen and oxygen atoms in total. The highest BCUT2D eigenvalue weighted by Gasteiger charge is 2.26. The third kappa shape index (κ3) is 4.74. The van der Waals surface area contributed by atoms with Crippen LogP contribution in [0.5, 0.6) is 0 Å². The van der Waals surface area contributed by atoms with Gasteiger partial charge < -0.3 is 9.80 Å². The van der Waals surface area contributed by atoms with Crippen LogP contribution in [0.4, 0.5) is 10.2 Å². The van der Waals surface area contributed by atoms with E-state index < -0.39 is 5.82 Å². The number of rotatable bonds is 5. The number of piperazine rings is 1. The summed E-state index contributed by atoms with van der Waals surface area (Å²) in [5, 5.41) is 0. The molecule has 2 aromatic carbocycles. The Labute approximate surface area is 182 Å². The predicted octanol–water partition coefficient (Wildman–Crippen LogP) is 4.04. The van der Waals surface area contributed by atoms with Crippen molar-refractivity contribution in [1.29, 1.82) is 0 Å². The lowest BCUT2D eigenvalue weighted by Crippen LogP contribution is -2.49. The van der Waals surface area contributed by atoms with Crippen molar-refractivity contribution in [3.8, 4) is 0 Å². The Hall–Kier alpha value is -3.28. The highest BCUT2D eigenvalue weighted by Crippen LogP contribution is 2.26. The molecule has 1 fully saturated rings. The number of halogens is 1. The van der Waals surface area contributed by atoms with Gasteiger partial charge in [-0.15, -0.1) is 0 Å². The van der Waals surface area contributed by atoms with Gasteiger partial charge in [0.1, 0.15) is 17.5 Å². The van der Waals surface area contributed by atoms with E-state index in [1.165, 1.54) is 17.7 Å². The average molecular weight is 419 g/mol. The van der Waals surface area contributed by atoms with Crippen LogP contribution >= 0.6 is 0 Å². The van der Waals surface area contributed by atoms with Crippen molar-refractivity contribution in [3.05, 3.63) is 88.6 Å². The maximum Gasteiger partial charge on any atom is 0.254 e. The summed E-state index contributed by atoms with van der Waals surface area (Å²) in [6.45, 7) is 6.56. The second-order valence-electron chi connectivity index (χ2n) is 7.83. The van der Waals surface area contributed by atoms with Crippen LogP contribution in [-0.2, 0) is 12.8 Å². The number of carbonyl (C=O) groups is 1. The van der Waals surface area contributed by atoms with Crippen LogP contribution in [0.1, 0.15) is 39.9 Å². The van der Waals surface area contributed by atoms with Crippen molar-refractivity contribution in [2.45, 2.75) is 26.7 Å². The average Bonchev–Trinajstić information content (AvgIpc) is 2.80. The fraction of sp³-hybridized carbons (Fsp3) is 0.320. The summed E-state index contributed by atoms with van der Waals surface area (Å²) in [6, 6.07) is 16.3. The van der Waals surface area contributed by atoms with Gasteiger partial charge in [0.2, 0.25) is 0 Å². The molecule has 1 aliphatic rings. The fourth-order valence-electron chi connectivity index (χ4n) is 4.10. The SMILES string of the molecule is CCc1nc(C)nc(N2CCN(C(=O)c3cccc(F)c3)CC2)c1Cc1ccccc1. The standard InChI is InChI=1S/C25H27FN4O/c1-3-23-22(16-19-8-5-4-6-9-19)24(28-18(2)27-23)29-12-14-30(15-13-29)25(31)20-10-7-11-21(26)17-20/h4-11,17H,3,12-16H2,1-2H3. The molecule has 0 saturated carbocycles. The first-order chi connectivity index (χ1) is 15.0. The zero-order chi connectivity index (χ0) is 21.8. The van der Waals surface area contributed by atoms with Crippen LogP contribution in [0.25, 0.3) is 0 Å². The second-order valence-corrected chi connectivity index (χ2v) is 7.83. The number of amides is 1. The highest BCUT2D eigenvalue weighted by molar-refractivity contribution is 5.94. The molecule has 0 unspecified atom stereocenters. The molecule has 6 heteroatoms. The van der Waals surface area contributed by atoms with Gasteiger partial charge in [-0.3, -0.25) is 4.79 Å². The van der Waals surface area contributed by atoms with Crippen molar-refractivity contribution in [3.63, 3.8) is 0 Å². The lowest BCUT2D eigenvalue weighted by Gasteiger charge is -2.36. The van der Waals surface area contributed by atoms with E-state index in [0.717, 1.165) is 35.7 Å². The first-order valence-corrected chi connectivity index (χ1v) is 10.7. The molecule has 4 rings (SSSR count). The molecule has 0 radical (unpaired) electrons. The van der Waals surface area contributed by atoms with Crippen molar-refractivity contribution < 1.29 is 9.18 Å². The van der Waals surface area contributed by atoms with Crippen molar-refractivity contribution >= 4 is 11.7 Å². The Balaban J connectivity index is 1.55. The molecule has 0 bridgehead atoms. The Bertz CT molecular complexity index is 1060. The second kappa shape index (κ2) is 9.25. The number of carbonyl (C=O) groups excluding carboxylic acids is 1. The summed E-state index contributed by atoms with van der Waals surface area (Å²) >= 11 is 0. The van der Waals surface area contributed by atoms with Crippen molar-refractivity contribution in [1.82, 2.24) is 14.9 Å². The van der Waals surface area contributed by atoms with Gasteiger partial charge in [0, 0.05) is 49.4 Å². The zero-order valence-corrected chi connectivity index (χ0v) is 18.0. The normalized spacial score (nSPS) is 14.0. The lowest BCUT2D eigenvalue weighted by molar-refractivity contribution is 0.0746. The van der Waals surface area contributed by atoms with E-state index in [2.05, 4.69) is 24.0 Å². The van der Waals surface area contributed by atoms with E-state index in [9.17, 15) is 9.18 Å². The molecule has 0 atom stereocenters. The van der Waals surface area contributed by atoms with E-state index >= 15 is 0 Å². The molecule has 2 heterocycles. The Kier molecular flexibility index (Phi) is 6.26. The molecule has 160 valence electrons. The molecular formula is C25H27FN4O. The topological polar surface area (TPSA) is 49.3 Å². The summed E-state index contributed by atoms with van der Waals surface area (Å²) in [5.74, 6) is 1.21. The van der Waals surface area contributed by atoms with E-state index in [-0.39, 0.29) is 5.91 Å². The van der Waals surface area contributed by atoms with E-state index in [0.29, 0.717) is 31.7 Å².